The SMILES string of the molecule is COc1ccc(CCNC(=O)c2cc(N3CCOCC3)on2)cc1. The molecule has 1 fully saturated rings. The minimum absolute atomic E-state index is 0.230. The van der Waals surface area contributed by atoms with Gasteiger partial charge in [0.15, 0.2) is 5.69 Å². The zero-order valence-electron chi connectivity index (χ0n) is 13.7. The number of hydrogen-bond donors (Lipinski definition) is 1. The Morgan fingerprint density at radius 1 is 1.29 bits per heavy atom. The van der Waals surface area contributed by atoms with Gasteiger partial charge in [0, 0.05) is 25.7 Å². The molecule has 1 saturated heterocycles. The number of benzene rings is 1. The number of amides is 1. The number of anilines is 1. The number of aromatic nitrogens is 1. The average Bonchev–Trinajstić information content (AvgIpc) is 3.13. The first kappa shape index (κ1) is 16.3. The van der Waals surface area contributed by atoms with Gasteiger partial charge in [-0.05, 0) is 24.1 Å². The van der Waals surface area contributed by atoms with E-state index in [0.717, 1.165) is 30.8 Å². The van der Waals surface area contributed by atoms with Crippen LogP contribution in [0.4, 0.5) is 5.88 Å². The third-order valence-corrected chi connectivity index (χ3v) is 3.91. The van der Waals surface area contributed by atoms with Crippen LogP contribution in [0.2, 0.25) is 0 Å². The molecule has 1 N–H and O–H groups in total. The number of carbonyl (C=O) groups is 1. The second-order valence-electron chi connectivity index (χ2n) is 5.50. The first-order chi connectivity index (χ1) is 11.8. The van der Waals surface area contributed by atoms with Gasteiger partial charge < -0.3 is 24.2 Å². The largest absolute Gasteiger partial charge is 0.497 e. The topological polar surface area (TPSA) is 76.8 Å². The van der Waals surface area contributed by atoms with E-state index < -0.39 is 0 Å². The summed E-state index contributed by atoms with van der Waals surface area (Å²) in [6.45, 7) is 3.33. The minimum atomic E-state index is -0.230. The Hall–Kier alpha value is -2.54. The van der Waals surface area contributed by atoms with Crippen molar-refractivity contribution in [1.29, 1.82) is 0 Å². The summed E-state index contributed by atoms with van der Waals surface area (Å²) in [4.78, 5) is 14.2. The van der Waals surface area contributed by atoms with Crippen molar-refractivity contribution in [2.75, 3.05) is 44.9 Å². The second kappa shape index (κ2) is 7.83. The van der Waals surface area contributed by atoms with Gasteiger partial charge in [-0.1, -0.05) is 17.3 Å². The van der Waals surface area contributed by atoms with Crippen molar-refractivity contribution in [2.45, 2.75) is 6.42 Å². The van der Waals surface area contributed by atoms with E-state index in [9.17, 15) is 4.79 Å². The van der Waals surface area contributed by atoms with Crippen LogP contribution in [-0.4, -0.2) is 51.0 Å². The van der Waals surface area contributed by atoms with Crippen molar-refractivity contribution in [3.63, 3.8) is 0 Å². The molecular weight excluding hydrogens is 310 g/mol. The second-order valence-corrected chi connectivity index (χ2v) is 5.50. The van der Waals surface area contributed by atoms with Gasteiger partial charge in [-0.2, -0.15) is 0 Å². The lowest BCUT2D eigenvalue weighted by Gasteiger charge is -2.25. The normalized spacial score (nSPS) is 14.5. The Labute approximate surface area is 140 Å². The Kier molecular flexibility index (Phi) is 5.32. The van der Waals surface area contributed by atoms with Crippen molar-refractivity contribution in [3.8, 4) is 5.75 Å². The predicted octanol–water partition coefficient (Wildman–Crippen LogP) is 1.49. The van der Waals surface area contributed by atoms with Crippen LogP contribution in [0.3, 0.4) is 0 Å². The molecule has 0 unspecified atom stereocenters. The standard InChI is InChI=1S/C17H21N3O4/c1-22-14-4-2-13(3-5-14)6-7-18-17(21)15-12-16(24-19-15)20-8-10-23-11-9-20/h2-5,12H,6-11H2,1H3,(H,18,21). The van der Waals surface area contributed by atoms with E-state index in [1.54, 1.807) is 13.2 Å². The highest BCUT2D eigenvalue weighted by Crippen LogP contribution is 2.17. The van der Waals surface area contributed by atoms with Crippen molar-refractivity contribution in [1.82, 2.24) is 10.5 Å². The van der Waals surface area contributed by atoms with Crippen LogP contribution in [0.15, 0.2) is 34.9 Å². The zero-order chi connectivity index (χ0) is 16.8. The van der Waals surface area contributed by atoms with Crippen LogP contribution in [0.25, 0.3) is 0 Å². The number of hydrogen-bond acceptors (Lipinski definition) is 6. The van der Waals surface area contributed by atoms with Crippen LogP contribution >= 0.6 is 0 Å². The zero-order valence-corrected chi connectivity index (χ0v) is 13.7. The van der Waals surface area contributed by atoms with E-state index >= 15 is 0 Å². The Balaban J connectivity index is 1.48. The molecule has 128 valence electrons. The third kappa shape index (κ3) is 4.05. The molecule has 0 radical (unpaired) electrons. The van der Waals surface area contributed by atoms with E-state index in [1.165, 1.54) is 0 Å². The molecule has 1 aromatic carbocycles. The summed E-state index contributed by atoms with van der Waals surface area (Å²) in [5, 5.41) is 6.71. The van der Waals surface area contributed by atoms with Gasteiger partial charge in [0.05, 0.1) is 20.3 Å². The number of rotatable bonds is 6. The molecule has 1 amide bonds. The van der Waals surface area contributed by atoms with Crippen LogP contribution in [-0.2, 0) is 11.2 Å². The highest BCUT2D eigenvalue weighted by molar-refractivity contribution is 5.92. The van der Waals surface area contributed by atoms with E-state index in [2.05, 4.69) is 10.5 Å². The molecule has 2 heterocycles. The molecular formula is C17H21N3O4. The fraction of sp³-hybridized carbons (Fsp3) is 0.412. The van der Waals surface area contributed by atoms with Gasteiger partial charge in [-0.3, -0.25) is 4.79 Å². The summed E-state index contributed by atoms with van der Waals surface area (Å²) < 4.78 is 15.7. The van der Waals surface area contributed by atoms with Gasteiger partial charge in [-0.15, -0.1) is 0 Å². The highest BCUT2D eigenvalue weighted by atomic mass is 16.5. The van der Waals surface area contributed by atoms with Gasteiger partial charge in [-0.25, -0.2) is 0 Å². The van der Waals surface area contributed by atoms with Crippen molar-refractivity contribution in [2.24, 2.45) is 0 Å². The smallest absolute Gasteiger partial charge is 0.273 e. The summed E-state index contributed by atoms with van der Waals surface area (Å²) >= 11 is 0. The van der Waals surface area contributed by atoms with Crippen molar-refractivity contribution < 1.29 is 18.8 Å². The Morgan fingerprint density at radius 3 is 2.75 bits per heavy atom. The summed E-state index contributed by atoms with van der Waals surface area (Å²) in [5.74, 6) is 1.20. The molecule has 2 aromatic rings. The summed E-state index contributed by atoms with van der Waals surface area (Å²) in [6, 6.07) is 9.45. The maximum absolute atomic E-state index is 12.1. The minimum Gasteiger partial charge on any atom is -0.497 e. The molecule has 24 heavy (non-hydrogen) atoms. The first-order valence-corrected chi connectivity index (χ1v) is 7.97. The molecule has 0 atom stereocenters. The molecule has 1 aliphatic heterocycles. The lowest BCUT2D eigenvalue weighted by Crippen LogP contribution is -2.35. The molecule has 1 aliphatic rings. The van der Waals surface area contributed by atoms with E-state index in [1.807, 2.05) is 29.2 Å². The van der Waals surface area contributed by atoms with Gasteiger partial charge >= 0.3 is 0 Å². The monoisotopic (exact) mass is 331 g/mol. The molecule has 7 heteroatoms. The molecule has 0 bridgehead atoms. The average molecular weight is 331 g/mol. The van der Waals surface area contributed by atoms with E-state index in [0.29, 0.717) is 31.3 Å². The predicted molar refractivity (Wildman–Crippen MR) is 88.6 cm³/mol. The molecule has 0 aliphatic carbocycles. The fourth-order valence-corrected chi connectivity index (χ4v) is 2.51. The van der Waals surface area contributed by atoms with Gasteiger partial charge in [0.1, 0.15) is 5.75 Å². The number of nitrogens with one attached hydrogen (secondary N) is 1. The molecule has 1 aromatic heterocycles. The number of carbonyl (C=O) groups excluding carboxylic acids is 1. The lowest BCUT2D eigenvalue weighted by molar-refractivity contribution is 0.0945. The maximum Gasteiger partial charge on any atom is 0.273 e. The van der Waals surface area contributed by atoms with Crippen molar-refractivity contribution in [3.05, 3.63) is 41.6 Å². The molecule has 0 saturated carbocycles. The van der Waals surface area contributed by atoms with E-state index in [4.69, 9.17) is 14.0 Å². The first-order valence-electron chi connectivity index (χ1n) is 7.97. The number of ether oxygens (including phenoxy) is 2. The van der Waals surface area contributed by atoms with E-state index in [-0.39, 0.29) is 5.91 Å². The molecule has 0 spiro atoms. The summed E-state index contributed by atoms with van der Waals surface area (Å²) in [7, 11) is 1.64. The lowest BCUT2D eigenvalue weighted by atomic mass is 10.1. The quantitative estimate of drug-likeness (QED) is 0.864. The summed E-state index contributed by atoms with van der Waals surface area (Å²) in [5.41, 5.74) is 1.43. The number of methoxy groups -OCH3 is 1. The number of nitrogens with zero attached hydrogens (tertiary/aromatic N) is 2. The number of morpholine rings is 1. The van der Waals surface area contributed by atoms with Crippen LogP contribution in [0.5, 0.6) is 5.75 Å². The van der Waals surface area contributed by atoms with Crippen LogP contribution < -0.4 is 15.0 Å². The third-order valence-electron chi connectivity index (χ3n) is 3.91. The van der Waals surface area contributed by atoms with Crippen LogP contribution in [0.1, 0.15) is 16.1 Å². The maximum atomic E-state index is 12.1. The van der Waals surface area contributed by atoms with Gasteiger partial charge in [0.2, 0.25) is 5.88 Å². The van der Waals surface area contributed by atoms with Crippen LogP contribution in [0, 0.1) is 0 Å². The molecule has 7 nitrogen and oxygen atoms in total. The Bertz CT molecular complexity index is 663. The fourth-order valence-electron chi connectivity index (χ4n) is 2.51. The molecule has 3 rings (SSSR count). The van der Waals surface area contributed by atoms with Crippen molar-refractivity contribution >= 4 is 11.8 Å². The summed E-state index contributed by atoms with van der Waals surface area (Å²) in [6.07, 6.45) is 0.740. The van der Waals surface area contributed by atoms with Gasteiger partial charge in [0.25, 0.3) is 5.91 Å². The Morgan fingerprint density at radius 2 is 2.04 bits per heavy atom. The highest BCUT2D eigenvalue weighted by Gasteiger charge is 2.18.